The molecule has 2 aliphatic heterocycles. The number of sulfonamides is 1. The van der Waals surface area contributed by atoms with Crippen LogP contribution in [0.25, 0.3) is 0 Å². The van der Waals surface area contributed by atoms with Crippen LogP contribution in [-0.2, 0) is 15.8 Å². The largest absolute Gasteiger partial charge is 0.339 e. The zero-order valence-corrected chi connectivity index (χ0v) is 17.5. The third-order valence-corrected chi connectivity index (χ3v) is 6.95. The minimum atomic E-state index is -3.46. The van der Waals surface area contributed by atoms with Gasteiger partial charge in [0, 0.05) is 36.3 Å². The highest BCUT2D eigenvalue weighted by Crippen LogP contribution is 2.30. The summed E-state index contributed by atoms with van der Waals surface area (Å²) in [6, 6.07) is 8.26. The molecule has 2 unspecified atom stereocenters. The first-order valence-corrected chi connectivity index (χ1v) is 11.3. The van der Waals surface area contributed by atoms with Gasteiger partial charge in [-0.05, 0) is 64.2 Å². The van der Waals surface area contributed by atoms with E-state index >= 15 is 0 Å². The molecule has 7 heteroatoms. The molecule has 2 atom stereocenters. The molecular formula is C20H31N3O3S. The third kappa shape index (κ3) is 5.30. The number of hydrogen-bond donors (Lipinski definition) is 2. The summed E-state index contributed by atoms with van der Waals surface area (Å²) in [5, 5.41) is 3.60. The van der Waals surface area contributed by atoms with Crippen molar-refractivity contribution in [3.8, 4) is 0 Å². The number of piperidine rings is 1. The van der Waals surface area contributed by atoms with E-state index in [0.717, 1.165) is 12.8 Å². The van der Waals surface area contributed by atoms with Crippen LogP contribution in [0.2, 0.25) is 0 Å². The first kappa shape index (κ1) is 20.3. The molecule has 0 saturated carbocycles. The van der Waals surface area contributed by atoms with Crippen molar-refractivity contribution in [3.05, 3.63) is 35.4 Å². The van der Waals surface area contributed by atoms with Gasteiger partial charge in [0.25, 0.3) is 5.91 Å². The Bertz CT molecular complexity index is 789. The van der Waals surface area contributed by atoms with Crippen LogP contribution in [0.5, 0.6) is 0 Å². The number of amides is 1. The van der Waals surface area contributed by atoms with Crippen molar-refractivity contribution in [1.82, 2.24) is 14.9 Å². The topological polar surface area (TPSA) is 78.5 Å². The van der Waals surface area contributed by atoms with Crippen molar-refractivity contribution in [1.29, 1.82) is 0 Å². The van der Waals surface area contributed by atoms with Gasteiger partial charge in [-0.25, -0.2) is 13.1 Å². The summed E-state index contributed by atoms with van der Waals surface area (Å²) in [6.07, 6.45) is 4.36. The maximum atomic E-state index is 13.0. The van der Waals surface area contributed by atoms with Gasteiger partial charge in [0.05, 0.1) is 5.75 Å². The second-order valence-electron chi connectivity index (χ2n) is 8.99. The summed E-state index contributed by atoms with van der Waals surface area (Å²) in [7, 11) is -1.60. The lowest BCUT2D eigenvalue weighted by molar-refractivity contribution is 0.0681. The molecule has 2 bridgehead atoms. The zero-order valence-electron chi connectivity index (χ0n) is 16.7. The van der Waals surface area contributed by atoms with Crippen molar-refractivity contribution < 1.29 is 13.2 Å². The van der Waals surface area contributed by atoms with E-state index in [-0.39, 0.29) is 17.7 Å². The lowest BCUT2D eigenvalue weighted by Gasteiger charge is -2.35. The molecule has 0 radical (unpaired) electrons. The number of nitrogens with one attached hydrogen (secondary N) is 2. The van der Waals surface area contributed by atoms with E-state index in [1.165, 1.54) is 12.8 Å². The molecule has 150 valence electrons. The smallest absolute Gasteiger partial charge is 0.253 e. The molecule has 2 heterocycles. The van der Waals surface area contributed by atoms with Gasteiger partial charge in [-0.2, -0.15) is 0 Å². The molecule has 0 aromatic heterocycles. The van der Waals surface area contributed by atoms with E-state index in [4.69, 9.17) is 0 Å². The Balaban J connectivity index is 1.70. The van der Waals surface area contributed by atoms with Gasteiger partial charge in [-0.15, -0.1) is 0 Å². The van der Waals surface area contributed by atoms with Crippen LogP contribution in [0.15, 0.2) is 24.3 Å². The highest BCUT2D eigenvalue weighted by Gasteiger charge is 2.36. The van der Waals surface area contributed by atoms with Crippen LogP contribution < -0.4 is 10.0 Å². The number of fused-ring (bicyclic) bond motifs is 2. The van der Waals surface area contributed by atoms with Crippen molar-refractivity contribution in [3.63, 3.8) is 0 Å². The van der Waals surface area contributed by atoms with Crippen LogP contribution in [0.3, 0.4) is 0 Å². The highest BCUT2D eigenvalue weighted by atomic mass is 32.2. The van der Waals surface area contributed by atoms with Crippen LogP contribution in [0.4, 0.5) is 0 Å². The van der Waals surface area contributed by atoms with Crippen molar-refractivity contribution in [2.24, 2.45) is 0 Å². The summed E-state index contributed by atoms with van der Waals surface area (Å²) in [5.74, 6) is -0.170. The quantitative estimate of drug-likeness (QED) is 0.804. The second-order valence-corrected chi connectivity index (χ2v) is 10.7. The van der Waals surface area contributed by atoms with Gasteiger partial charge in [-0.1, -0.05) is 12.1 Å². The van der Waals surface area contributed by atoms with Gasteiger partial charge in [0.2, 0.25) is 10.0 Å². The van der Waals surface area contributed by atoms with E-state index in [2.05, 4.69) is 10.0 Å². The fourth-order valence-corrected chi connectivity index (χ4v) is 5.85. The summed E-state index contributed by atoms with van der Waals surface area (Å²) in [5.41, 5.74) is 0.643. The first-order valence-electron chi connectivity index (χ1n) is 9.66. The molecule has 0 aliphatic carbocycles. The van der Waals surface area contributed by atoms with Crippen molar-refractivity contribution in [2.45, 2.75) is 75.9 Å². The van der Waals surface area contributed by atoms with E-state index in [1.54, 1.807) is 24.3 Å². The summed E-state index contributed by atoms with van der Waals surface area (Å²) in [6.45, 7) is 5.43. The van der Waals surface area contributed by atoms with E-state index < -0.39 is 15.6 Å². The van der Waals surface area contributed by atoms with Gasteiger partial charge in [0.1, 0.15) is 0 Å². The molecule has 6 nitrogen and oxygen atoms in total. The minimum absolute atomic E-state index is 0.0377. The Kier molecular flexibility index (Phi) is 5.66. The van der Waals surface area contributed by atoms with Gasteiger partial charge in [-0.3, -0.25) is 4.79 Å². The lowest BCUT2D eigenvalue weighted by atomic mass is 9.98. The van der Waals surface area contributed by atoms with E-state index in [9.17, 15) is 13.2 Å². The van der Waals surface area contributed by atoms with Crippen LogP contribution in [0, 0.1) is 0 Å². The molecule has 2 saturated heterocycles. The number of hydrogen-bond acceptors (Lipinski definition) is 4. The maximum absolute atomic E-state index is 13.0. The molecule has 27 heavy (non-hydrogen) atoms. The Morgan fingerprint density at radius 1 is 1.22 bits per heavy atom. The summed E-state index contributed by atoms with van der Waals surface area (Å²) < 4.78 is 27.3. The number of carbonyl (C=O) groups excluding carboxylic acids is 1. The average molecular weight is 394 g/mol. The molecule has 2 N–H and O–H groups in total. The molecule has 3 rings (SSSR count). The van der Waals surface area contributed by atoms with Gasteiger partial charge in [0.15, 0.2) is 0 Å². The lowest BCUT2D eigenvalue weighted by Crippen LogP contribution is -2.48. The Morgan fingerprint density at radius 2 is 1.85 bits per heavy atom. The fourth-order valence-electron chi connectivity index (χ4n) is 4.23. The van der Waals surface area contributed by atoms with Crippen molar-refractivity contribution >= 4 is 15.9 Å². The van der Waals surface area contributed by atoms with Crippen molar-refractivity contribution in [2.75, 3.05) is 7.05 Å². The molecule has 1 aromatic carbocycles. The first-order chi connectivity index (χ1) is 12.5. The van der Waals surface area contributed by atoms with Gasteiger partial charge >= 0.3 is 0 Å². The zero-order chi connectivity index (χ0) is 19.8. The molecule has 1 aromatic rings. The number of nitrogens with zero attached hydrogens (tertiary/aromatic N) is 1. The average Bonchev–Trinajstić information content (AvgIpc) is 2.89. The van der Waals surface area contributed by atoms with Crippen LogP contribution >= 0.6 is 0 Å². The van der Waals surface area contributed by atoms with Crippen LogP contribution in [0.1, 0.15) is 62.4 Å². The number of carbonyl (C=O) groups is 1. The number of rotatable bonds is 5. The Morgan fingerprint density at radius 3 is 2.44 bits per heavy atom. The predicted octanol–water partition coefficient (Wildman–Crippen LogP) is 2.26. The second kappa shape index (κ2) is 7.53. The van der Waals surface area contributed by atoms with E-state index in [1.807, 2.05) is 32.7 Å². The predicted molar refractivity (Wildman–Crippen MR) is 107 cm³/mol. The third-order valence-electron chi connectivity index (χ3n) is 5.31. The fraction of sp³-hybridized carbons (Fsp3) is 0.650. The monoisotopic (exact) mass is 393 g/mol. The summed E-state index contributed by atoms with van der Waals surface area (Å²) in [4.78, 5) is 14.8. The molecule has 0 spiro atoms. The van der Waals surface area contributed by atoms with Gasteiger partial charge < -0.3 is 10.2 Å². The Labute approximate surface area is 162 Å². The summed E-state index contributed by atoms with van der Waals surface area (Å²) >= 11 is 0. The molecule has 2 fully saturated rings. The van der Waals surface area contributed by atoms with E-state index in [0.29, 0.717) is 23.2 Å². The standard InChI is InChI=1S/C20H31N3O3S/c1-20(2,3)22-27(25,26)13-14-6-5-7-15(10-14)19(24)23(4)18-11-16-8-9-17(12-18)21-16/h5-7,10,16-18,21-22H,8-9,11-13H2,1-4H3. The molecular weight excluding hydrogens is 362 g/mol. The minimum Gasteiger partial charge on any atom is -0.339 e. The highest BCUT2D eigenvalue weighted by molar-refractivity contribution is 7.88. The normalized spacial score (nSPS) is 25.4. The van der Waals surface area contributed by atoms with Crippen LogP contribution in [-0.4, -0.2) is 49.9 Å². The SMILES string of the molecule is CN(C(=O)c1cccc(CS(=O)(=O)NC(C)(C)C)c1)C1CC2CCC(C1)N2. The number of benzene rings is 1. The molecule has 1 amide bonds. The Hall–Kier alpha value is -1.44. The maximum Gasteiger partial charge on any atom is 0.253 e. The molecule has 2 aliphatic rings.